The largest absolute Gasteiger partial charge is 0.379 e. The molecule has 1 N–H and O–H groups in total. The number of carbonyl (C=O) groups excluding carboxylic acids is 1. The second kappa shape index (κ2) is 10.1. The van der Waals surface area contributed by atoms with Gasteiger partial charge < -0.3 is 15.0 Å². The average molecular weight is 488 g/mol. The lowest BCUT2D eigenvalue weighted by Gasteiger charge is -2.28. The Morgan fingerprint density at radius 1 is 1.12 bits per heavy atom. The van der Waals surface area contributed by atoms with Crippen molar-refractivity contribution in [1.82, 2.24) is 4.31 Å². The van der Waals surface area contributed by atoms with Crippen molar-refractivity contribution >= 4 is 38.9 Å². The van der Waals surface area contributed by atoms with Gasteiger partial charge in [-0.25, -0.2) is 17.2 Å². The predicted molar refractivity (Wildman–Crippen MR) is 119 cm³/mol. The van der Waals surface area contributed by atoms with Gasteiger partial charge in [-0.1, -0.05) is 11.6 Å². The quantitative estimate of drug-likeness (QED) is 0.602. The molecule has 1 aliphatic heterocycles. The summed E-state index contributed by atoms with van der Waals surface area (Å²) < 4.78 is 59.8. The van der Waals surface area contributed by atoms with Crippen LogP contribution in [0.5, 0.6) is 0 Å². The molecule has 32 heavy (non-hydrogen) atoms. The third-order valence-corrected chi connectivity index (χ3v) is 7.39. The van der Waals surface area contributed by atoms with E-state index in [1.807, 2.05) is 18.7 Å². The molecule has 0 saturated carbocycles. The Kier molecular flexibility index (Phi) is 7.71. The fourth-order valence-corrected chi connectivity index (χ4v) is 5.11. The highest BCUT2D eigenvalue weighted by Gasteiger charge is 2.28. The molecule has 2 aromatic carbocycles. The number of ether oxygens (including phenoxy) is 1. The second-order valence-corrected chi connectivity index (χ2v) is 9.41. The first-order chi connectivity index (χ1) is 15.2. The fraction of sp³-hybridized carbons (Fsp3) is 0.381. The fourth-order valence-electron chi connectivity index (χ4n) is 3.44. The summed E-state index contributed by atoms with van der Waals surface area (Å²) in [6.07, 6.45) is 0. The smallest absolute Gasteiger partial charge is 0.257 e. The number of nitrogens with zero attached hydrogens (tertiary/aromatic N) is 2. The number of benzene rings is 2. The first-order valence-corrected chi connectivity index (χ1v) is 11.9. The molecule has 0 aromatic heterocycles. The number of nitrogens with one attached hydrogen (secondary N) is 1. The van der Waals surface area contributed by atoms with Crippen molar-refractivity contribution in [2.75, 3.05) is 49.6 Å². The number of amides is 1. The molecule has 0 radical (unpaired) electrons. The van der Waals surface area contributed by atoms with Crippen LogP contribution in [-0.4, -0.2) is 58.0 Å². The summed E-state index contributed by atoms with van der Waals surface area (Å²) in [5.74, 6) is -3.18. The van der Waals surface area contributed by atoms with Gasteiger partial charge in [0.25, 0.3) is 5.91 Å². The zero-order valence-electron chi connectivity index (χ0n) is 17.7. The zero-order chi connectivity index (χ0) is 23.5. The summed E-state index contributed by atoms with van der Waals surface area (Å²) in [6, 6.07) is 5.89. The number of hydrogen-bond acceptors (Lipinski definition) is 5. The van der Waals surface area contributed by atoms with Crippen LogP contribution >= 0.6 is 11.6 Å². The Morgan fingerprint density at radius 2 is 1.75 bits per heavy atom. The molecule has 3 rings (SSSR count). The van der Waals surface area contributed by atoms with E-state index in [0.29, 0.717) is 38.1 Å². The summed E-state index contributed by atoms with van der Waals surface area (Å²) in [5.41, 5.74) is 0.536. The van der Waals surface area contributed by atoms with Gasteiger partial charge in [-0.3, -0.25) is 4.79 Å². The summed E-state index contributed by atoms with van der Waals surface area (Å²) in [6.45, 7) is 6.09. The number of carbonyl (C=O) groups is 1. The van der Waals surface area contributed by atoms with Crippen LogP contribution in [-0.2, 0) is 14.8 Å². The topological polar surface area (TPSA) is 79.0 Å². The van der Waals surface area contributed by atoms with Crippen LogP contribution in [0.4, 0.5) is 20.2 Å². The second-order valence-electron chi connectivity index (χ2n) is 7.07. The number of morpholine rings is 1. The maximum Gasteiger partial charge on any atom is 0.257 e. The van der Waals surface area contributed by atoms with E-state index in [9.17, 15) is 22.0 Å². The molecule has 0 aliphatic carbocycles. The zero-order valence-corrected chi connectivity index (χ0v) is 19.3. The maximum atomic E-state index is 13.7. The molecule has 1 aliphatic rings. The molecular weight excluding hydrogens is 464 g/mol. The first kappa shape index (κ1) is 24.4. The van der Waals surface area contributed by atoms with E-state index in [1.165, 1.54) is 16.4 Å². The van der Waals surface area contributed by atoms with Gasteiger partial charge in [0.2, 0.25) is 10.0 Å². The minimum atomic E-state index is -3.81. The normalized spacial score (nSPS) is 14.9. The lowest BCUT2D eigenvalue weighted by Crippen LogP contribution is -2.40. The van der Waals surface area contributed by atoms with Crippen LogP contribution in [0, 0.1) is 11.6 Å². The Labute approximate surface area is 191 Å². The highest BCUT2D eigenvalue weighted by Crippen LogP contribution is 2.31. The molecule has 2 aromatic rings. The van der Waals surface area contributed by atoms with Crippen LogP contribution in [0.2, 0.25) is 5.02 Å². The highest BCUT2D eigenvalue weighted by molar-refractivity contribution is 7.89. The van der Waals surface area contributed by atoms with Crippen molar-refractivity contribution in [1.29, 1.82) is 0 Å². The van der Waals surface area contributed by atoms with Crippen LogP contribution in [0.3, 0.4) is 0 Å². The Balaban J connectivity index is 2.02. The van der Waals surface area contributed by atoms with Gasteiger partial charge in [-0.05, 0) is 44.2 Å². The number of hydrogen-bond donors (Lipinski definition) is 1. The summed E-state index contributed by atoms with van der Waals surface area (Å²) in [7, 11) is -3.81. The van der Waals surface area contributed by atoms with Crippen molar-refractivity contribution < 1.29 is 26.7 Å². The molecule has 7 nitrogen and oxygen atoms in total. The minimum Gasteiger partial charge on any atom is -0.379 e. The number of rotatable bonds is 7. The number of halogens is 3. The molecular formula is C21H24ClF2N3O4S. The van der Waals surface area contributed by atoms with Crippen LogP contribution in [0.15, 0.2) is 35.2 Å². The molecule has 11 heteroatoms. The molecule has 0 atom stereocenters. The van der Waals surface area contributed by atoms with Crippen molar-refractivity contribution in [3.05, 3.63) is 52.6 Å². The van der Waals surface area contributed by atoms with Crippen LogP contribution < -0.4 is 10.2 Å². The molecule has 1 heterocycles. The molecule has 1 saturated heterocycles. The standard InChI is InChI=1S/C21H24ClF2N3O4S/c1-3-26(4-2)20-6-5-14(32(29,30)27-7-9-31-10-8-27)11-19(20)25-21(28)15-12-17(23)18(24)13-16(15)22/h5-6,11-13H,3-4,7-10H2,1-2H3,(H,25,28). The van der Waals surface area contributed by atoms with E-state index in [1.54, 1.807) is 6.07 Å². The molecule has 1 amide bonds. The first-order valence-electron chi connectivity index (χ1n) is 10.1. The van der Waals surface area contributed by atoms with E-state index in [2.05, 4.69) is 5.32 Å². The van der Waals surface area contributed by atoms with E-state index < -0.39 is 27.6 Å². The van der Waals surface area contributed by atoms with Crippen molar-refractivity contribution in [2.24, 2.45) is 0 Å². The van der Waals surface area contributed by atoms with Crippen LogP contribution in [0.25, 0.3) is 0 Å². The predicted octanol–water partition coefficient (Wildman–Crippen LogP) is 3.74. The van der Waals surface area contributed by atoms with Gasteiger partial charge >= 0.3 is 0 Å². The lowest BCUT2D eigenvalue weighted by molar-refractivity contribution is 0.0730. The molecule has 1 fully saturated rings. The van der Waals surface area contributed by atoms with Gasteiger partial charge in [0.15, 0.2) is 11.6 Å². The third-order valence-electron chi connectivity index (χ3n) is 5.18. The summed E-state index contributed by atoms with van der Waals surface area (Å²) in [4.78, 5) is 14.8. The molecule has 174 valence electrons. The molecule has 0 unspecified atom stereocenters. The van der Waals surface area contributed by atoms with Crippen LogP contribution in [0.1, 0.15) is 24.2 Å². The van der Waals surface area contributed by atoms with E-state index >= 15 is 0 Å². The van der Waals surface area contributed by atoms with Gasteiger partial charge in [0.05, 0.1) is 40.1 Å². The van der Waals surface area contributed by atoms with Gasteiger partial charge in [0, 0.05) is 26.2 Å². The maximum absolute atomic E-state index is 13.7. The lowest BCUT2D eigenvalue weighted by atomic mass is 10.1. The monoisotopic (exact) mass is 487 g/mol. The Bertz CT molecular complexity index is 1100. The van der Waals surface area contributed by atoms with E-state index in [4.69, 9.17) is 16.3 Å². The number of anilines is 2. The van der Waals surface area contributed by atoms with Gasteiger partial charge in [0.1, 0.15) is 0 Å². The van der Waals surface area contributed by atoms with Crippen molar-refractivity contribution in [2.45, 2.75) is 18.7 Å². The Morgan fingerprint density at radius 3 is 2.38 bits per heavy atom. The molecule has 0 bridgehead atoms. The van der Waals surface area contributed by atoms with Crippen molar-refractivity contribution in [3.8, 4) is 0 Å². The van der Waals surface area contributed by atoms with Gasteiger partial charge in [-0.15, -0.1) is 0 Å². The van der Waals surface area contributed by atoms with Crippen molar-refractivity contribution in [3.63, 3.8) is 0 Å². The number of sulfonamides is 1. The minimum absolute atomic E-state index is 0.00184. The summed E-state index contributed by atoms with van der Waals surface area (Å²) >= 11 is 5.93. The molecule has 0 spiro atoms. The Hall–Kier alpha value is -2.27. The SMILES string of the molecule is CCN(CC)c1ccc(S(=O)(=O)N2CCOCC2)cc1NC(=O)c1cc(F)c(F)cc1Cl. The van der Waals surface area contributed by atoms with E-state index in [-0.39, 0.29) is 34.3 Å². The highest BCUT2D eigenvalue weighted by atomic mass is 35.5. The van der Waals surface area contributed by atoms with E-state index in [0.717, 1.165) is 6.07 Å². The third kappa shape index (κ3) is 5.03. The van der Waals surface area contributed by atoms with Gasteiger partial charge in [-0.2, -0.15) is 4.31 Å². The average Bonchev–Trinajstić information content (AvgIpc) is 2.78. The summed E-state index contributed by atoms with van der Waals surface area (Å²) in [5, 5.41) is 2.36.